The van der Waals surface area contributed by atoms with Gasteiger partial charge in [0.1, 0.15) is 4.88 Å². The number of carbonyl (C=O) groups is 2. The Balaban J connectivity index is 1.82. The van der Waals surface area contributed by atoms with E-state index in [1.165, 1.54) is 11.3 Å². The predicted molar refractivity (Wildman–Crippen MR) is 69.2 cm³/mol. The molecule has 0 aliphatic rings. The molecule has 0 saturated heterocycles. The summed E-state index contributed by atoms with van der Waals surface area (Å²) in [7, 11) is 0. The molecule has 2 aromatic heterocycles. The third-order valence-corrected chi connectivity index (χ3v) is 3.15. The highest BCUT2D eigenvalue weighted by Crippen LogP contribution is 2.16. The van der Waals surface area contributed by atoms with E-state index < -0.39 is 11.9 Å². The molecule has 1 amide bonds. The van der Waals surface area contributed by atoms with E-state index in [1.807, 2.05) is 13.0 Å². The summed E-state index contributed by atoms with van der Waals surface area (Å²) in [6.07, 6.45) is 0. The van der Waals surface area contributed by atoms with Crippen LogP contribution in [0.15, 0.2) is 22.7 Å². The van der Waals surface area contributed by atoms with E-state index in [1.54, 1.807) is 19.1 Å². The van der Waals surface area contributed by atoms with Crippen molar-refractivity contribution in [1.29, 1.82) is 0 Å². The molecule has 0 unspecified atom stereocenters. The first-order valence-corrected chi connectivity index (χ1v) is 6.33. The molecule has 0 atom stereocenters. The van der Waals surface area contributed by atoms with Crippen LogP contribution in [0.25, 0.3) is 0 Å². The molecular formula is C12H12N2O4S. The SMILES string of the molecule is Cc1cc(NC(=O)COC(=O)c2ccc(C)s2)on1. The first-order chi connectivity index (χ1) is 9.04. The largest absolute Gasteiger partial charge is 0.451 e. The van der Waals surface area contributed by atoms with Gasteiger partial charge in [-0.2, -0.15) is 0 Å². The molecule has 0 bridgehead atoms. The summed E-state index contributed by atoms with van der Waals surface area (Å²) in [5.74, 6) is -0.759. The minimum absolute atomic E-state index is 0.227. The van der Waals surface area contributed by atoms with E-state index in [-0.39, 0.29) is 12.5 Å². The van der Waals surface area contributed by atoms with Gasteiger partial charge in [0.05, 0.1) is 5.69 Å². The third kappa shape index (κ3) is 3.65. The number of esters is 1. The van der Waals surface area contributed by atoms with E-state index >= 15 is 0 Å². The maximum Gasteiger partial charge on any atom is 0.348 e. The van der Waals surface area contributed by atoms with Crippen molar-refractivity contribution >= 4 is 29.1 Å². The Morgan fingerprint density at radius 2 is 2.21 bits per heavy atom. The Labute approximate surface area is 113 Å². The Bertz CT molecular complexity index is 602. The lowest BCUT2D eigenvalue weighted by molar-refractivity contribution is -0.119. The number of nitrogens with zero attached hydrogens (tertiary/aromatic N) is 1. The van der Waals surface area contributed by atoms with Crippen LogP contribution in [0, 0.1) is 13.8 Å². The van der Waals surface area contributed by atoms with Gasteiger partial charge in [0, 0.05) is 10.9 Å². The third-order valence-electron chi connectivity index (χ3n) is 2.17. The molecule has 6 nitrogen and oxygen atoms in total. The van der Waals surface area contributed by atoms with Gasteiger partial charge in [-0.15, -0.1) is 11.3 Å². The van der Waals surface area contributed by atoms with Crippen LogP contribution in [-0.2, 0) is 9.53 Å². The fraction of sp³-hybridized carbons (Fsp3) is 0.250. The van der Waals surface area contributed by atoms with Crippen LogP contribution in [-0.4, -0.2) is 23.6 Å². The summed E-state index contributed by atoms with van der Waals surface area (Å²) in [6.45, 7) is 3.26. The number of aromatic nitrogens is 1. The lowest BCUT2D eigenvalue weighted by atomic mass is 10.4. The van der Waals surface area contributed by atoms with Crippen molar-refractivity contribution in [2.75, 3.05) is 11.9 Å². The zero-order valence-electron chi connectivity index (χ0n) is 10.4. The van der Waals surface area contributed by atoms with Crippen LogP contribution in [0.4, 0.5) is 5.88 Å². The Morgan fingerprint density at radius 3 is 2.79 bits per heavy atom. The summed E-state index contributed by atoms with van der Waals surface area (Å²) in [4.78, 5) is 24.6. The number of aryl methyl sites for hydroxylation is 2. The fourth-order valence-electron chi connectivity index (χ4n) is 1.34. The Kier molecular flexibility index (Phi) is 3.96. The minimum atomic E-state index is -0.512. The standard InChI is InChI=1S/C12H12N2O4S/c1-7-5-11(18-14-7)13-10(15)6-17-12(16)9-4-3-8(2)19-9/h3-5H,6H2,1-2H3,(H,13,15). The van der Waals surface area contributed by atoms with Gasteiger partial charge in [0.25, 0.3) is 5.91 Å². The highest BCUT2D eigenvalue weighted by Gasteiger charge is 2.13. The van der Waals surface area contributed by atoms with E-state index in [0.717, 1.165) is 4.88 Å². The summed E-state index contributed by atoms with van der Waals surface area (Å²) < 4.78 is 9.69. The first-order valence-electron chi connectivity index (χ1n) is 5.51. The monoisotopic (exact) mass is 280 g/mol. The number of anilines is 1. The number of carbonyl (C=O) groups excluding carboxylic acids is 2. The molecule has 0 radical (unpaired) electrons. The van der Waals surface area contributed by atoms with Gasteiger partial charge in [-0.3, -0.25) is 10.1 Å². The van der Waals surface area contributed by atoms with E-state index in [2.05, 4.69) is 10.5 Å². The quantitative estimate of drug-likeness (QED) is 0.868. The zero-order valence-corrected chi connectivity index (χ0v) is 11.2. The number of hydrogen-bond acceptors (Lipinski definition) is 6. The van der Waals surface area contributed by atoms with E-state index in [0.29, 0.717) is 10.6 Å². The molecule has 0 aliphatic carbocycles. The highest BCUT2D eigenvalue weighted by molar-refractivity contribution is 7.13. The average Bonchev–Trinajstić information content (AvgIpc) is 2.95. The molecule has 0 saturated carbocycles. The molecule has 19 heavy (non-hydrogen) atoms. The molecule has 2 heterocycles. The van der Waals surface area contributed by atoms with Crippen LogP contribution >= 0.6 is 11.3 Å². The molecule has 2 rings (SSSR count). The molecule has 1 N–H and O–H groups in total. The van der Waals surface area contributed by atoms with Gasteiger partial charge >= 0.3 is 5.97 Å². The lowest BCUT2D eigenvalue weighted by Gasteiger charge is -2.02. The topological polar surface area (TPSA) is 81.4 Å². The molecule has 0 aromatic carbocycles. The van der Waals surface area contributed by atoms with Gasteiger partial charge in [0.15, 0.2) is 6.61 Å². The second-order valence-electron chi connectivity index (χ2n) is 3.87. The minimum Gasteiger partial charge on any atom is -0.451 e. The Hall–Kier alpha value is -2.15. The first kappa shape index (κ1) is 13.3. The summed E-state index contributed by atoms with van der Waals surface area (Å²) in [6, 6.07) is 5.06. The molecule has 100 valence electrons. The van der Waals surface area contributed by atoms with Gasteiger partial charge in [-0.1, -0.05) is 5.16 Å². The van der Waals surface area contributed by atoms with Crippen LogP contribution in [0.3, 0.4) is 0 Å². The Morgan fingerprint density at radius 1 is 1.42 bits per heavy atom. The molecule has 0 fully saturated rings. The van der Waals surface area contributed by atoms with Crippen molar-refractivity contribution in [3.05, 3.63) is 33.6 Å². The van der Waals surface area contributed by atoms with Crippen molar-refractivity contribution < 1.29 is 18.8 Å². The number of nitrogens with one attached hydrogen (secondary N) is 1. The second-order valence-corrected chi connectivity index (χ2v) is 5.16. The number of rotatable bonds is 4. The molecule has 0 aliphatic heterocycles. The van der Waals surface area contributed by atoms with Gasteiger partial charge in [-0.05, 0) is 26.0 Å². The predicted octanol–water partition coefficient (Wildman–Crippen LogP) is 2.15. The summed E-state index contributed by atoms with van der Waals surface area (Å²) >= 11 is 1.32. The van der Waals surface area contributed by atoms with Crippen molar-refractivity contribution in [3.8, 4) is 0 Å². The van der Waals surface area contributed by atoms with Crippen molar-refractivity contribution in [2.24, 2.45) is 0 Å². The normalized spacial score (nSPS) is 10.2. The molecule has 0 spiro atoms. The van der Waals surface area contributed by atoms with Crippen molar-refractivity contribution in [1.82, 2.24) is 5.16 Å². The van der Waals surface area contributed by atoms with E-state index in [9.17, 15) is 9.59 Å². The highest BCUT2D eigenvalue weighted by atomic mass is 32.1. The van der Waals surface area contributed by atoms with Gasteiger partial charge in [-0.25, -0.2) is 4.79 Å². The summed E-state index contributed by atoms with van der Waals surface area (Å²) in [5, 5.41) is 6.05. The molecule has 7 heteroatoms. The van der Waals surface area contributed by atoms with Crippen LogP contribution in [0.5, 0.6) is 0 Å². The maximum absolute atomic E-state index is 11.6. The number of thiophene rings is 1. The second kappa shape index (κ2) is 5.66. The fourth-order valence-corrected chi connectivity index (χ4v) is 2.10. The average molecular weight is 280 g/mol. The molecular weight excluding hydrogens is 268 g/mol. The lowest BCUT2D eigenvalue weighted by Crippen LogP contribution is -2.20. The summed E-state index contributed by atoms with van der Waals surface area (Å²) in [5.41, 5.74) is 0.654. The maximum atomic E-state index is 11.6. The smallest absolute Gasteiger partial charge is 0.348 e. The van der Waals surface area contributed by atoms with Gasteiger partial charge in [0.2, 0.25) is 5.88 Å². The van der Waals surface area contributed by atoms with Crippen molar-refractivity contribution in [3.63, 3.8) is 0 Å². The number of ether oxygens (including phenoxy) is 1. The van der Waals surface area contributed by atoms with Crippen LogP contribution in [0.1, 0.15) is 20.2 Å². The van der Waals surface area contributed by atoms with Crippen LogP contribution < -0.4 is 5.32 Å². The zero-order chi connectivity index (χ0) is 13.8. The molecule has 2 aromatic rings. The van der Waals surface area contributed by atoms with Crippen LogP contribution in [0.2, 0.25) is 0 Å². The van der Waals surface area contributed by atoms with E-state index in [4.69, 9.17) is 9.26 Å². The van der Waals surface area contributed by atoms with Crippen molar-refractivity contribution in [2.45, 2.75) is 13.8 Å². The number of hydrogen-bond donors (Lipinski definition) is 1. The van der Waals surface area contributed by atoms with Gasteiger partial charge < -0.3 is 9.26 Å². The number of amides is 1.